The maximum Gasteiger partial charge on any atom is 0.231 e. The fourth-order valence-corrected chi connectivity index (χ4v) is 2.13. The van der Waals surface area contributed by atoms with Crippen LogP contribution in [0.25, 0.3) is 0 Å². The number of carbonyl (C=O) groups excluding carboxylic acids is 1. The first-order valence-corrected chi connectivity index (χ1v) is 6.43. The molecule has 1 N–H and O–H groups in total. The average molecular weight is 299 g/mol. The summed E-state index contributed by atoms with van der Waals surface area (Å²) in [4.78, 5) is 16.3. The number of hydrogen-bond donors (Lipinski definition) is 1. The maximum absolute atomic E-state index is 12.0. The molecule has 2 heterocycles. The van der Waals surface area contributed by atoms with E-state index in [1.807, 2.05) is 19.9 Å². The molecule has 2 unspecified atom stereocenters. The van der Waals surface area contributed by atoms with Gasteiger partial charge < -0.3 is 10.1 Å². The van der Waals surface area contributed by atoms with Gasteiger partial charge in [-0.05, 0) is 48.3 Å². The van der Waals surface area contributed by atoms with E-state index in [0.717, 1.165) is 16.6 Å². The van der Waals surface area contributed by atoms with Gasteiger partial charge in [-0.25, -0.2) is 4.98 Å². The Hall–Kier alpha value is -0.940. The van der Waals surface area contributed by atoms with E-state index in [4.69, 9.17) is 4.74 Å². The van der Waals surface area contributed by atoms with E-state index in [1.165, 1.54) is 0 Å². The summed E-state index contributed by atoms with van der Waals surface area (Å²) < 4.78 is 6.32. The highest BCUT2D eigenvalue weighted by Crippen LogP contribution is 2.22. The number of amides is 1. The van der Waals surface area contributed by atoms with Gasteiger partial charge in [0.05, 0.1) is 17.7 Å². The second-order valence-corrected chi connectivity index (χ2v) is 5.08. The van der Waals surface area contributed by atoms with Gasteiger partial charge in [-0.15, -0.1) is 0 Å². The van der Waals surface area contributed by atoms with Crippen molar-refractivity contribution in [1.82, 2.24) is 4.98 Å². The lowest BCUT2D eigenvalue weighted by atomic mass is 10.0. The van der Waals surface area contributed by atoms with Crippen molar-refractivity contribution < 1.29 is 9.53 Å². The molecule has 1 fully saturated rings. The van der Waals surface area contributed by atoms with Crippen molar-refractivity contribution in [1.29, 1.82) is 0 Å². The van der Waals surface area contributed by atoms with Crippen LogP contribution in [0.15, 0.2) is 16.6 Å². The Bertz CT molecular complexity index is 437. The minimum absolute atomic E-state index is 0.00783. The van der Waals surface area contributed by atoms with Crippen LogP contribution in [0.1, 0.15) is 19.0 Å². The fraction of sp³-hybridized carbons (Fsp3) is 0.500. The van der Waals surface area contributed by atoms with Crippen molar-refractivity contribution in [3.63, 3.8) is 0 Å². The molecule has 17 heavy (non-hydrogen) atoms. The molecule has 2 atom stereocenters. The van der Waals surface area contributed by atoms with Crippen LogP contribution in [0.2, 0.25) is 0 Å². The predicted molar refractivity (Wildman–Crippen MR) is 68.8 cm³/mol. The Morgan fingerprint density at radius 3 is 2.94 bits per heavy atom. The fourth-order valence-electron chi connectivity index (χ4n) is 1.91. The van der Waals surface area contributed by atoms with Crippen LogP contribution in [0.4, 0.5) is 5.82 Å². The molecule has 0 radical (unpaired) electrons. The molecular formula is C12H15BrN2O2. The van der Waals surface area contributed by atoms with Crippen molar-refractivity contribution in [3.05, 3.63) is 22.3 Å². The number of nitrogens with one attached hydrogen (secondary N) is 1. The molecule has 0 spiro atoms. The van der Waals surface area contributed by atoms with Gasteiger partial charge in [-0.1, -0.05) is 0 Å². The monoisotopic (exact) mass is 298 g/mol. The second kappa shape index (κ2) is 5.14. The van der Waals surface area contributed by atoms with Crippen molar-refractivity contribution in [2.45, 2.75) is 26.4 Å². The van der Waals surface area contributed by atoms with Gasteiger partial charge in [0.1, 0.15) is 5.82 Å². The molecule has 0 aliphatic carbocycles. The first-order valence-electron chi connectivity index (χ1n) is 5.63. The smallest absolute Gasteiger partial charge is 0.231 e. The number of rotatable bonds is 2. The van der Waals surface area contributed by atoms with E-state index in [0.29, 0.717) is 12.4 Å². The first-order chi connectivity index (χ1) is 8.08. The van der Waals surface area contributed by atoms with Crippen molar-refractivity contribution in [3.8, 4) is 0 Å². The molecule has 1 aliphatic rings. The number of halogens is 1. The summed E-state index contributed by atoms with van der Waals surface area (Å²) in [5.74, 6) is 0.514. The number of anilines is 1. The predicted octanol–water partition coefficient (Wildman–Crippen LogP) is 2.52. The van der Waals surface area contributed by atoms with Crippen molar-refractivity contribution >= 4 is 27.7 Å². The van der Waals surface area contributed by atoms with Crippen LogP contribution in [0.5, 0.6) is 0 Å². The quantitative estimate of drug-likeness (QED) is 0.913. The van der Waals surface area contributed by atoms with Crippen LogP contribution in [0.3, 0.4) is 0 Å². The van der Waals surface area contributed by atoms with Gasteiger partial charge in [-0.3, -0.25) is 4.79 Å². The van der Waals surface area contributed by atoms with Crippen molar-refractivity contribution in [2.75, 3.05) is 11.9 Å². The maximum atomic E-state index is 12.0. The first kappa shape index (κ1) is 12.5. The number of aromatic nitrogens is 1. The zero-order chi connectivity index (χ0) is 12.4. The minimum Gasteiger partial charge on any atom is -0.378 e. The third-order valence-electron chi connectivity index (χ3n) is 2.99. The van der Waals surface area contributed by atoms with Gasteiger partial charge in [-0.2, -0.15) is 0 Å². The molecule has 1 aliphatic heterocycles. The second-order valence-electron chi connectivity index (χ2n) is 4.22. The zero-order valence-electron chi connectivity index (χ0n) is 9.87. The van der Waals surface area contributed by atoms with Crippen LogP contribution in [0, 0.1) is 12.8 Å². The van der Waals surface area contributed by atoms with Gasteiger partial charge in [0, 0.05) is 11.1 Å². The van der Waals surface area contributed by atoms with Crippen LogP contribution >= 0.6 is 15.9 Å². The van der Waals surface area contributed by atoms with Crippen LogP contribution < -0.4 is 5.32 Å². The summed E-state index contributed by atoms with van der Waals surface area (Å²) in [6.45, 7) is 4.48. The Kier molecular flexibility index (Phi) is 3.79. The number of hydrogen-bond acceptors (Lipinski definition) is 3. The number of aryl methyl sites for hydroxylation is 1. The molecule has 0 aromatic carbocycles. The summed E-state index contributed by atoms with van der Waals surface area (Å²) in [6.07, 6.45) is 0.772. The van der Waals surface area contributed by atoms with E-state index >= 15 is 0 Å². The average Bonchev–Trinajstić information content (AvgIpc) is 2.70. The van der Waals surface area contributed by atoms with Crippen LogP contribution in [-0.2, 0) is 9.53 Å². The lowest BCUT2D eigenvalue weighted by Gasteiger charge is -2.13. The van der Waals surface area contributed by atoms with E-state index in [-0.39, 0.29) is 17.9 Å². The van der Waals surface area contributed by atoms with Gasteiger partial charge in [0.25, 0.3) is 0 Å². The van der Waals surface area contributed by atoms with E-state index in [1.54, 1.807) is 6.07 Å². The van der Waals surface area contributed by atoms with E-state index in [9.17, 15) is 4.79 Å². The highest BCUT2D eigenvalue weighted by molar-refractivity contribution is 9.10. The normalized spacial score (nSPS) is 23.7. The highest BCUT2D eigenvalue weighted by Gasteiger charge is 2.30. The Labute approximate surface area is 109 Å². The van der Waals surface area contributed by atoms with E-state index < -0.39 is 0 Å². The lowest BCUT2D eigenvalue weighted by molar-refractivity contribution is -0.121. The van der Waals surface area contributed by atoms with Crippen molar-refractivity contribution in [2.24, 2.45) is 5.92 Å². The van der Waals surface area contributed by atoms with Crippen LogP contribution in [-0.4, -0.2) is 23.6 Å². The molecular weight excluding hydrogens is 284 g/mol. The van der Waals surface area contributed by atoms with Gasteiger partial charge in [0.2, 0.25) is 5.91 Å². The third kappa shape index (κ3) is 2.84. The lowest BCUT2D eigenvalue weighted by Crippen LogP contribution is -2.28. The minimum atomic E-state index is -0.0687. The molecule has 4 nitrogen and oxygen atoms in total. The zero-order valence-corrected chi connectivity index (χ0v) is 11.5. The summed E-state index contributed by atoms with van der Waals surface area (Å²) in [5.41, 5.74) is 0.860. The van der Waals surface area contributed by atoms with E-state index in [2.05, 4.69) is 26.2 Å². The Morgan fingerprint density at radius 2 is 2.35 bits per heavy atom. The number of nitrogens with zero attached hydrogens (tertiary/aromatic N) is 1. The SMILES string of the molecule is Cc1nc(NC(=O)C2CCOC2C)ccc1Br. The number of carbonyl (C=O) groups is 1. The number of ether oxygens (including phenoxy) is 1. The molecule has 2 rings (SSSR count). The third-order valence-corrected chi connectivity index (χ3v) is 3.82. The van der Waals surface area contributed by atoms with Gasteiger partial charge in [0.15, 0.2) is 0 Å². The Balaban J connectivity index is 2.05. The largest absolute Gasteiger partial charge is 0.378 e. The van der Waals surface area contributed by atoms with Gasteiger partial charge >= 0.3 is 0 Å². The summed E-state index contributed by atoms with van der Waals surface area (Å²) in [6, 6.07) is 3.67. The summed E-state index contributed by atoms with van der Waals surface area (Å²) in [5, 5.41) is 2.83. The summed E-state index contributed by atoms with van der Waals surface area (Å²) in [7, 11) is 0. The molecule has 5 heteroatoms. The topological polar surface area (TPSA) is 51.2 Å². The standard InChI is InChI=1S/C12H15BrN2O2/c1-7-10(13)3-4-11(14-7)15-12(16)9-5-6-17-8(9)2/h3-4,8-9H,5-6H2,1-2H3,(H,14,15,16). The molecule has 0 bridgehead atoms. The molecule has 1 aromatic heterocycles. The number of pyridine rings is 1. The Morgan fingerprint density at radius 1 is 1.59 bits per heavy atom. The molecule has 1 saturated heterocycles. The molecule has 1 aromatic rings. The molecule has 0 saturated carbocycles. The molecule has 1 amide bonds. The summed E-state index contributed by atoms with van der Waals surface area (Å²) >= 11 is 3.38. The highest BCUT2D eigenvalue weighted by atomic mass is 79.9. The molecule has 92 valence electrons.